The molecule has 0 aliphatic rings. The molecule has 0 rings (SSSR count). The second-order valence-electron chi connectivity index (χ2n) is 2.18. The summed E-state index contributed by atoms with van der Waals surface area (Å²) in [5.74, 6) is -0.106. The molecule has 0 radical (unpaired) electrons. The van der Waals surface area contributed by atoms with Crippen molar-refractivity contribution < 1.29 is 9.53 Å². The number of hydrogen-bond acceptors (Lipinski definition) is 2. The van der Waals surface area contributed by atoms with Crippen LogP contribution in [-0.4, -0.2) is 12.6 Å². The van der Waals surface area contributed by atoms with Gasteiger partial charge in [0.2, 0.25) is 0 Å². The van der Waals surface area contributed by atoms with Crippen molar-refractivity contribution in [3.63, 3.8) is 0 Å². The number of rotatable bonds is 5. The second kappa shape index (κ2) is 6.64. The third-order valence-corrected chi connectivity index (χ3v) is 1.67. The van der Waals surface area contributed by atoms with Crippen molar-refractivity contribution in [2.75, 3.05) is 6.61 Å². The van der Waals surface area contributed by atoms with E-state index < -0.39 is 0 Å². The molecular formula is C8H13IO2. The quantitative estimate of drug-likeness (QED) is 0.566. The Bertz CT molecular complexity index is 143. The van der Waals surface area contributed by atoms with Crippen molar-refractivity contribution in [2.24, 2.45) is 0 Å². The summed E-state index contributed by atoms with van der Waals surface area (Å²) >= 11 is 2.16. The molecule has 0 heterocycles. The van der Waals surface area contributed by atoms with Gasteiger partial charge in [0.15, 0.2) is 0 Å². The van der Waals surface area contributed by atoms with Crippen molar-refractivity contribution in [3.8, 4) is 0 Å². The predicted octanol–water partition coefficient (Wildman–Crippen LogP) is 2.67. The number of allylic oxidation sites excluding steroid dienone is 1. The molecule has 0 saturated heterocycles. The van der Waals surface area contributed by atoms with Crippen LogP contribution in [0.1, 0.15) is 26.2 Å². The van der Waals surface area contributed by atoms with E-state index in [2.05, 4.69) is 29.2 Å². The Morgan fingerprint density at radius 1 is 1.55 bits per heavy atom. The monoisotopic (exact) mass is 268 g/mol. The molecule has 0 atom stereocenters. The van der Waals surface area contributed by atoms with E-state index in [0.717, 1.165) is 16.4 Å². The van der Waals surface area contributed by atoms with Crippen molar-refractivity contribution in [2.45, 2.75) is 26.2 Å². The molecule has 0 unspecified atom stereocenters. The average molecular weight is 268 g/mol. The average Bonchev–Trinajstić information content (AvgIpc) is 1.87. The van der Waals surface area contributed by atoms with Gasteiger partial charge in [-0.25, -0.2) is 0 Å². The number of carbonyl (C=O) groups is 1. The first-order valence-electron chi connectivity index (χ1n) is 3.65. The molecule has 0 amide bonds. The molecule has 0 aromatic carbocycles. The van der Waals surface area contributed by atoms with Crippen LogP contribution >= 0.6 is 22.6 Å². The molecule has 0 aliphatic heterocycles. The molecule has 0 spiro atoms. The maximum absolute atomic E-state index is 10.8. The van der Waals surface area contributed by atoms with Gasteiger partial charge in [0.25, 0.3) is 0 Å². The first-order chi connectivity index (χ1) is 5.16. The van der Waals surface area contributed by atoms with Crippen LogP contribution in [0, 0.1) is 0 Å². The van der Waals surface area contributed by atoms with Gasteiger partial charge in [0, 0.05) is 6.42 Å². The van der Waals surface area contributed by atoms with E-state index in [1.54, 1.807) is 0 Å². The normalized spacial score (nSPS) is 9.27. The fourth-order valence-corrected chi connectivity index (χ4v) is 1.04. The Morgan fingerprint density at radius 3 is 2.64 bits per heavy atom. The van der Waals surface area contributed by atoms with Gasteiger partial charge in [-0.15, -0.1) is 0 Å². The van der Waals surface area contributed by atoms with Crippen molar-refractivity contribution in [3.05, 3.63) is 10.2 Å². The Morgan fingerprint density at radius 2 is 2.18 bits per heavy atom. The topological polar surface area (TPSA) is 26.3 Å². The van der Waals surface area contributed by atoms with Crippen LogP contribution in [0.2, 0.25) is 0 Å². The van der Waals surface area contributed by atoms with Gasteiger partial charge in [0.1, 0.15) is 0 Å². The van der Waals surface area contributed by atoms with Crippen LogP contribution < -0.4 is 0 Å². The minimum atomic E-state index is -0.106. The summed E-state index contributed by atoms with van der Waals surface area (Å²) in [6.45, 7) is 6.02. The third kappa shape index (κ3) is 7.84. The number of carbonyl (C=O) groups excluding carboxylic acids is 1. The molecule has 2 nitrogen and oxygen atoms in total. The van der Waals surface area contributed by atoms with Crippen LogP contribution in [0.25, 0.3) is 0 Å². The Labute approximate surface area is 81.1 Å². The summed E-state index contributed by atoms with van der Waals surface area (Å²) in [7, 11) is 0. The van der Waals surface area contributed by atoms with Gasteiger partial charge in [-0.2, -0.15) is 0 Å². The fourth-order valence-electron chi connectivity index (χ4n) is 0.658. The van der Waals surface area contributed by atoms with Crippen LogP contribution in [0.3, 0.4) is 0 Å². The van der Waals surface area contributed by atoms with Gasteiger partial charge in [-0.1, -0.05) is 6.58 Å². The molecule has 0 saturated carbocycles. The summed E-state index contributed by atoms with van der Waals surface area (Å²) in [6, 6.07) is 0. The Balaban J connectivity index is 3.24. The van der Waals surface area contributed by atoms with Crippen molar-refractivity contribution >= 4 is 28.6 Å². The van der Waals surface area contributed by atoms with Crippen LogP contribution in [0.4, 0.5) is 0 Å². The van der Waals surface area contributed by atoms with E-state index in [1.807, 2.05) is 6.92 Å². The molecule has 3 heteroatoms. The number of hydrogen-bond donors (Lipinski definition) is 0. The number of esters is 1. The largest absolute Gasteiger partial charge is 0.466 e. The van der Waals surface area contributed by atoms with E-state index in [0.29, 0.717) is 13.0 Å². The first-order valence-corrected chi connectivity index (χ1v) is 4.73. The Hall–Kier alpha value is -0.0600. The molecule has 0 aromatic heterocycles. The minimum Gasteiger partial charge on any atom is -0.466 e. The van der Waals surface area contributed by atoms with Gasteiger partial charge in [-0.05, 0) is 45.9 Å². The van der Waals surface area contributed by atoms with E-state index in [9.17, 15) is 4.79 Å². The predicted molar refractivity (Wildman–Crippen MR) is 53.6 cm³/mol. The van der Waals surface area contributed by atoms with Gasteiger partial charge in [-0.3, -0.25) is 4.79 Å². The van der Waals surface area contributed by atoms with Gasteiger partial charge >= 0.3 is 5.97 Å². The van der Waals surface area contributed by atoms with Gasteiger partial charge in [0.05, 0.1) is 6.61 Å². The van der Waals surface area contributed by atoms with E-state index in [4.69, 9.17) is 4.74 Å². The molecule has 0 bridgehead atoms. The molecule has 11 heavy (non-hydrogen) atoms. The van der Waals surface area contributed by atoms with Crippen LogP contribution in [0.15, 0.2) is 10.2 Å². The van der Waals surface area contributed by atoms with Gasteiger partial charge < -0.3 is 4.74 Å². The minimum absolute atomic E-state index is 0.106. The molecule has 0 fully saturated rings. The lowest BCUT2D eigenvalue weighted by molar-refractivity contribution is -0.143. The SMILES string of the molecule is C=C(I)CCCC(=O)OCC. The van der Waals surface area contributed by atoms with E-state index in [1.165, 1.54) is 0 Å². The lowest BCUT2D eigenvalue weighted by Crippen LogP contribution is -2.02. The molecule has 0 aliphatic carbocycles. The maximum Gasteiger partial charge on any atom is 0.305 e. The number of halogens is 1. The second-order valence-corrected chi connectivity index (χ2v) is 3.70. The lowest BCUT2D eigenvalue weighted by Gasteiger charge is -1.99. The first kappa shape index (κ1) is 10.9. The fraction of sp³-hybridized carbons (Fsp3) is 0.625. The molecule has 0 aromatic rings. The highest BCUT2D eigenvalue weighted by molar-refractivity contribution is 14.1. The molecule has 64 valence electrons. The summed E-state index contributed by atoms with van der Waals surface area (Å²) in [5, 5.41) is 0. The Kier molecular flexibility index (Phi) is 6.60. The zero-order valence-corrected chi connectivity index (χ0v) is 8.89. The van der Waals surface area contributed by atoms with E-state index >= 15 is 0 Å². The zero-order valence-electron chi connectivity index (χ0n) is 6.73. The highest BCUT2D eigenvalue weighted by atomic mass is 127. The number of ether oxygens (including phenoxy) is 1. The third-order valence-electron chi connectivity index (χ3n) is 1.13. The smallest absolute Gasteiger partial charge is 0.305 e. The summed E-state index contributed by atoms with van der Waals surface area (Å²) < 4.78 is 5.84. The maximum atomic E-state index is 10.8. The van der Waals surface area contributed by atoms with Crippen LogP contribution in [0.5, 0.6) is 0 Å². The standard InChI is InChI=1S/C8H13IO2/c1-3-11-8(10)6-4-5-7(2)9/h2-6H2,1H3. The summed E-state index contributed by atoms with van der Waals surface area (Å²) in [6.07, 6.45) is 2.26. The molecule has 0 N–H and O–H groups in total. The van der Waals surface area contributed by atoms with E-state index in [-0.39, 0.29) is 5.97 Å². The zero-order chi connectivity index (χ0) is 8.69. The lowest BCUT2D eigenvalue weighted by atomic mass is 10.2. The highest BCUT2D eigenvalue weighted by Gasteiger charge is 2.00. The summed E-state index contributed by atoms with van der Waals surface area (Å²) in [4.78, 5) is 10.8. The molecular weight excluding hydrogens is 255 g/mol. The highest BCUT2D eigenvalue weighted by Crippen LogP contribution is 2.11. The van der Waals surface area contributed by atoms with Crippen molar-refractivity contribution in [1.29, 1.82) is 0 Å². The summed E-state index contributed by atoms with van der Waals surface area (Å²) in [5.41, 5.74) is 0. The van der Waals surface area contributed by atoms with Crippen LogP contribution in [-0.2, 0) is 9.53 Å². The van der Waals surface area contributed by atoms with Crippen molar-refractivity contribution in [1.82, 2.24) is 0 Å².